The average molecular weight is 790 g/mol. The predicted octanol–water partition coefficient (Wildman–Crippen LogP) is 0.688. The summed E-state index contributed by atoms with van der Waals surface area (Å²) in [6, 6.07) is 11.3. The number of piperazine rings is 1. The Labute approximate surface area is 326 Å². The second-order valence-corrected chi connectivity index (χ2v) is 14.1. The van der Waals surface area contributed by atoms with Gasteiger partial charge in [0.25, 0.3) is 11.8 Å². The van der Waals surface area contributed by atoms with Crippen molar-refractivity contribution in [2.75, 3.05) is 104 Å². The van der Waals surface area contributed by atoms with Gasteiger partial charge in [-0.15, -0.1) is 0 Å². The third-order valence-electron chi connectivity index (χ3n) is 9.92. The summed E-state index contributed by atoms with van der Waals surface area (Å²) in [7, 11) is 1.99. The molecule has 56 heavy (non-hydrogen) atoms. The van der Waals surface area contributed by atoms with Crippen molar-refractivity contribution >= 4 is 34.2 Å². The van der Waals surface area contributed by atoms with Crippen LogP contribution in [0.25, 0.3) is 10.8 Å². The number of benzene rings is 2. The molecule has 4 rings (SSSR count). The van der Waals surface area contributed by atoms with Crippen molar-refractivity contribution in [2.45, 2.75) is 56.3 Å². The minimum atomic E-state index is -3.11. The van der Waals surface area contributed by atoms with Crippen LogP contribution in [0.2, 0.25) is 0 Å². The van der Waals surface area contributed by atoms with Crippen LogP contribution in [0.4, 0.5) is 14.5 Å². The Hall–Kier alpha value is -4.06. The Bertz CT molecular complexity index is 1610. The summed E-state index contributed by atoms with van der Waals surface area (Å²) in [4.78, 5) is 49.4. The number of halogens is 2. The molecule has 16 nitrogen and oxygen atoms in total. The van der Waals surface area contributed by atoms with E-state index in [1.54, 1.807) is 23.1 Å². The maximum atomic E-state index is 13.8. The van der Waals surface area contributed by atoms with Crippen LogP contribution < -0.4 is 27.2 Å². The molecule has 2 aromatic carbocycles. The van der Waals surface area contributed by atoms with Gasteiger partial charge in [0.15, 0.2) is 0 Å². The standard InChI is InChI=1S/C38H57F2N9O7/c1-46(29-10-9-28-6-4-7-31(32(28)22-29)36(52)44-25-34(50)49-27-38(39,40)23-30(49)24-42)12-5-13-47-14-16-48(17-15-47)35(51)26-55-19-18-54-20-21-56-45-37(53)33(43)8-2-3-11-41/h4,6-7,9-10,22,30,33,36,44,52H,2-3,5,8,11-21,23,25-27,41,43H2,1H3,(H,45,53)/t30-,33-,36?/m0/s1. The largest absolute Gasteiger partial charge is 0.377 e. The van der Waals surface area contributed by atoms with E-state index < -0.39 is 49.7 Å². The van der Waals surface area contributed by atoms with Crippen LogP contribution >= 0.6 is 0 Å². The number of carbonyl (C=O) groups excluding carboxylic acids is 3. The Kier molecular flexibility index (Phi) is 18.0. The van der Waals surface area contributed by atoms with Gasteiger partial charge in [0.05, 0.1) is 51.6 Å². The number of nitrogens with two attached hydrogens (primary N) is 2. The molecular formula is C38H57F2N9O7. The molecule has 0 radical (unpaired) electrons. The second kappa shape index (κ2) is 22.6. The van der Waals surface area contributed by atoms with Gasteiger partial charge in [-0.2, -0.15) is 5.26 Å². The van der Waals surface area contributed by atoms with Crippen LogP contribution in [0.3, 0.4) is 0 Å². The number of nitrogens with one attached hydrogen (secondary N) is 2. The first-order valence-corrected chi connectivity index (χ1v) is 19.2. The summed E-state index contributed by atoms with van der Waals surface area (Å²) in [5.41, 5.74) is 15.0. The number of rotatable bonds is 23. The molecule has 3 atom stereocenters. The highest BCUT2D eigenvalue weighted by Crippen LogP contribution is 2.32. The van der Waals surface area contributed by atoms with Gasteiger partial charge in [-0.3, -0.25) is 29.4 Å². The average Bonchev–Trinajstić information content (AvgIpc) is 3.53. The molecule has 3 amide bonds. The maximum absolute atomic E-state index is 13.8. The number of amides is 3. The van der Waals surface area contributed by atoms with E-state index in [-0.39, 0.29) is 44.8 Å². The lowest BCUT2D eigenvalue weighted by Gasteiger charge is -2.35. The molecule has 2 fully saturated rings. The van der Waals surface area contributed by atoms with Crippen molar-refractivity contribution in [3.8, 4) is 6.07 Å². The number of carbonyl (C=O) groups is 3. The number of anilines is 1. The van der Waals surface area contributed by atoms with E-state index in [0.29, 0.717) is 31.6 Å². The number of ether oxygens (including phenoxy) is 2. The molecule has 2 heterocycles. The van der Waals surface area contributed by atoms with Crippen molar-refractivity contribution in [1.29, 1.82) is 5.26 Å². The molecule has 0 saturated carbocycles. The van der Waals surface area contributed by atoms with Crippen molar-refractivity contribution in [3.63, 3.8) is 0 Å². The fourth-order valence-electron chi connectivity index (χ4n) is 6.64. The zero-order valence-electron chi connectivity index (χ0n) is 32.2. The second-order valence-electron chi connectivity index (χ2n) is 14.1. The fraction of sp³-hybridized carbons (Fsp3) is 0.632. The highest BCUT2D eigenvalue weighted by Gasteiger charge is 2.47. The highest BCUT2D eigenvalue weighted by atomic mass is 19.3. The monoisotopic (exact) mass is 789 g/mol. The van der Waals surface area contributed by atoms with Crippen LogP contribution in [0.1, 0.15) is 43.9 Å². The molecule has 0 bridgehead atoms. The predicted molar refractivity (Wildman–Crippen MR) is 205 cm³/mol. The van der Waals surface area contributed by atoms with E-state index in [9.17, 15) is 33.5 Å². The first-order chi connectivity index (χ1) is 26.9. The van der Waals surface area contributed by atoms with E-state index in [4.69, 9.17) is 25.8 Å². The molecule has 18 heteroatoms. The first kappa shape index (κ1) is 44.7. The van der Waals surface area contributed by atoms with Gasteiger partial charge in [0.1, 0.15) is 18.9 Å². The fourth-order valence-corrected chi connectivity index (χ4v) is 6.64. The third-order valence-corrected chi connectivity index (χ3v) is 9.92. The topological polar surface area (TPSA) is 212 Å². The first-order valence-electron chi connectivity index (χ1n) is 19.2. The molecule has 7 N–H and O–H groups in total. The van der Waals surface area contributed by atoms with Crippen LogP contribution in [-0.4, -0.2) is 155 Å². The Morgan fingerprint density at radius 2 is 1.80 bits per heavy atom. The zero-order chi connectivity index (χ0) is 40.5. The molecule has 0 aromatic heterocycles. The van der Waals surface area contributed by atoms with E-state index in [1.807, 2.05) is 31.3 Å². The summed E-state index contributed by atoms with van der Waals surface area (Å²) in [5.74, 6) is -4.23. The van der Waals surface area contributed by atoms with Crippen molar-refractivity contribution in [3.05, 3.63) is 42.0 Å². The van der Waals surface area contributed by atoms with Gasteiger partial charge in [-0.05, 0) is 55.3 Å². The molecule has 2 aromatic rings. The van der Waals surface area contributed by atoms with Crippen molar-refractivity contribution in [2.24, 2.45) is 11.5 Å². The summed E-state index contributed by atoms with van der Waals surface area (Å²) in [6.45, 7) is 4.65. The third kappa shape index (κ3) is 13.8. The highest BCUT2D eigenvalue weighted by molar-refractivity contribution is 5.89. The number of likely N-dealkylation sites (tertiary alicyclic amines) is 1. The molecule has 2 saturated heterocycles. The number of hydrogen-bond donors (Lipinski definition) is 5. The van der Waals surface area contributed by atoms with Crippen LogP contribution in [0.5, 0.6) is 0 Å². The van der Waals surface area contributed by atoms with E-state index in [2.05, 4.69) is 20.6 Å². The van der Waals surface area contributed by atoms with Crippen molar-refractivity contribution < 1.29 is 42.6 Å². The molecule has 2 aliphatic heterocycles. The molecule has 2 aliphatic rings. The minimum Gasteiger partial charge on any atom is -0.377 e. The lowest BCUT2D eigenvalue weighted by atomic mass is 10.0. The van der Waals surface area contributed by atoms with Gasteiger partial charge < -0.3 is 40.7 Å². The van der Waals surface area contributed by atoms with Gasteiger partial charge in [0, 0.05) is 57.4 Å². The summed E-state index contributed by atoms with van der Waals surface area (Å²) >= 11 is 0. The van der Waals surface area contributed by atoms with E-state index in [1.165, 1.54) is 0 Å². The number of nitrogens with zero attached hydrogens (tertiary/aromatic N) is 5. The molecule has 0 aliphatic carbocycles. The number of hydrogen-bond acceptors (Lipinski definition) is 13. The maximum Gasteiger partial charge on any atom is 0.268 e. The van der Waals surface area contributed by atoms with E-state index >= 15 is 0 Å². The number of unbranched alkanes of at least 4 members (excludes halogenated alkanes) is 1. The van der Waals surface area contributed by atoms with Gasteiger partial charge in [0.2, 0.25) is 11.8 Å². The van der Waals surface area contributed by atoms with Crippen molar-refractivity contribution in [1.82, 2.24) is 25.5 Å². The lowest BCUT2D eigenvalue weighted by molar-refractivity contribution is -0.138. The minimum absolute atomic E-state index is 0.0235. The summed E-state index contributed by atoms with van der Waals surface area (Å²) < 4.78 is 38.6. The van der Waals surface area contributed by atoms with E-state index in [0.717, 1.165) is 66.8 Å². The van der Waals surface area contributed by atoms with Crippen LogP contribution in [0, 0.1) is 11.3 Å². The summed E-state index contributed by atoms with van der Waals surface area (Å²) in [6.07, 6.45) is 1.09. The van der Waals surface area contributed by atoms with Crippen LogP contribution in [0.15, 0.2) is 36.4 Å². The van der Waals surface area contributed by atoms with Crippen LogP contribution in [-0.2, 0) is 28.7 Å². The lowest BCUT2D eigenvalue weighted by Crippen LogP contribution is -2.50. The number of hydroxylamine groups is 1. The zero-order valence-corrected chi connectivity index (χ0v) is 32.2. The van der Waals surface area contributed by atoms with Gasteiger partial charge >= 0.3 is 0 Å². The van der Waals surface area contributed by atoms with Gasteiger partial charge in [-0.1, -0.05) is 30.7 Å². The summed E-state index contributed by atoms with van der Waals surface area (Å²) in [5, 5.41) is 24.6. The Morgan fingerprint density at radius 1 is 1.05 bits per heavy atom. The number of fused-ring (bicyclic) bond motifs is 1. The molecule has 1 unspecified atom stereocenters. The number of nitriles is 1. The Balaban J connectivity index is 1.09. The normalized spacial score (nSPS) is 18.1. The molecule has 310 valence electrons. The SMILES string of the molecule is CN(CCCN1CCN(C(=O)COCCOCCONC(=O)[C@@H](N)CCCCN)CC1)c1ccc2cccc(C(O)NCC(=O)N3CC(F)(F)C[C@H]3C#N)c2c1. The number of aliphatic hydroxyl groups excluding tert-OH is 1. The molecular weight excluding hydrogens is 732 g/mol. The van der Waals surface area contributed by atoms with Gasteiger partial charge in [-0.25, -0.2) is 14.3 Å². The number of aliphatic hydroxyl groups is 1. The Morgan fingerprint density at radius 3 is 2.55 bits per heavy atom. The number of alkyl halides is 2. The smallest absolute Gasteiger partial charge is 0.268 e. The quantitative estimate of drug-likeness (QED) is 0.0597. The molecule has 0 spiro atoms.